The number of rotatable bonds is 5. The van der Waals surface area contributed by atoms with E-state index >= 15 is 0 Å². The van der Waals surface area contributed by atoms with Crippen LogP contribution in [0.5, 0.6) is 0 Å². The molecule has 1 aromatic carbocycles. The van der Waals surface area contributed by atoms with Crippen LogP contribution >= 0.6 is 0 Å². The van der Waals surface area contributed by atoms with E-state index in [1.807, 2.05) is 13.8 Å². The molecule has 2 aromatic rings. The fourth-order valence-electron chi connectivity index (χ4n) is 3.17. The number of hydrogen-bond donors (Lipinski definition) is 2. The summed E-state index contributed by atoms with van der Waals surface area (Å²) in [5.74, 6) is 0. The van der Waals surface area contributed by atoms with Crippen LogP contribution in [0.25, 0.3) is 11.0 Å². The number of fused-ring (bicyclic) bond motifs is 1. The average molecular weight is 318 g/mol. The van der Waals surface area contributed by atoms with Crippen LogP contribution in [0.15, 0.2) is 27.4 Å². The Morgan fingerprint density at radius 2 is 2.00 bits per heavy atom. The Hall–Kier alpha value is -1.69. The average Bonchev–Trinajstić information content (AvgIpc) is 2.56. The van der Waals surface area contributed by atoms with Gasteiger partial charge in [-0.25, -0.2) is 4.79 Å². The highest BCUT2D eigenvalue weighted by atomic mass is 16.5. The second kappa shape index (κ2) is 7.25. The van der Waals surface area contributed by atoms with E-state index in [2.05, 4.69) is 17.4 Å². The lowest BCUT2D eigenvalue weighted by molar-refractivity contribution is -0.920. The van der Waals surface area contributed by atoms with E-state index in [9.17, 15) is 4.79 Å². The van der Waals surface area contributed by atoms with E-state index in [0.717, 1.165) is 73.6 Å². The smallest absolute Gasteiger partial charge is 0.336 e. The normalized spacial score (nSPS) is 16.1. The highest BCUT2D eigenvalue weighted by Gasteiger charge is 2.14. The minimum atomic E-state index is -0.256. The number of nitrogens with one attached hydrogen (secondary N) is 1. The van der Waals surface area contributed by atoms with Gasteiger partial charge in [0.05, 0.1) is 13.2 Å². The molecule has 0 unspecified atom stereocenters. The molecular weight excluding hydrogens is 292 g/mol. The standard InChI is InChI=1S/C18H24N2O3/c1-13-3-4-16-15(11-17(21)23-18(16)14(13)2)12-19-5-6-20-7-9-22-10-8-20/h3-4,11,19H,5-10,12H2,1-2H3/p+2. The molecule has 1 saturated heterocycles. The van der Waals surface area contributed by atoms with Crippen LogP contribution in [0.3, 0.4) is 0 Å². The molecule has 5 heteroatoms. The number of nitrogens with two attached hydrogens (primary N) is 1. The zero-order valence-corrected chi connectivity index (χ0v) is 14.0. The van der Waals surface area contributed by atoms with E-state index in [4.69, 9.17) is 9.15 Å². The van der Waals surface area contributed by atoms with Crippen LogP contribution < -0.4 is 15.8 Å². The molecule has 0 radical (unpaired) electrons. The van der Waals surface area contributed by atoms with Crippen molar-refractivity contribution in [2.24, 2.45) is 0 Å². The Kier molecular flexibility index (Phi) is 5.10. The lowest BCUT2D eigenvalue weighted by atomic mass is 10.0. The topological polar surface area (TPSA) is 60.5 Å². The molecule has 0 bridgehead atoms. The first kappa shape index (κ1) is 16.2. The molecule has 0 atom stereocenters. The van der Waals surface area contributed by atoms with Crippen LogP contribution in [0.1, 0.15) is 16.7 Å². The summed E-state index contributed by atoms with van der Waals surface area (Å²) in [6, 6.07) is 5.80. The predicted octanol–water partition coefficient (Wildman–Crippen LogP) is -0.612. The zero-order chi connectivity index (χ0) is 16.2. The summed E-state index contributed by atoms with van der Waals surface area (Å²) in [4.78, 5) is 13.5. The van der Waals surface area contributed by atoms with Crippen molar-refractivity contribution in [2.45, 2.75) is 20.4 Å². The Bertz CT molecular complexity index is 733. The third kappa shape index (κ3) is 3.80. The Morgan fingerprint density at radius 3 is 2.78 bits per heavy atom. The number of benzene rings is 1. The Balaban J connectivity index is 1.67. The molecule has 1 aliphatic rings. The highest BCUT2D eigenvalue weighted by molar-refractivity contribution is 5.83. The molecular formula is C18H26N2O3+2. The SMILES string of the molecule is Cc1ccc2c(C[NH2+]CC[NH+]3CCOCC3)cc(=O)oc2c1C. The van der Waals surface area contributed by atoms with Crippen molar-refractivity contribution in [1.82, 2.24) is 0 Å². The molecule has 0 amide bonds. The summed E-state index contributed by atoms with van der Waals surface area (Å²) in [6.45, 7) is 11.0. The van der Waals surface area contributed by atoms with Crippen molar-refractivity contribution in [3.63, 3.8) is 0 Å². The second-order valence-corrected chi connectivity index (χ2v) is 6.37. The molecule has 0 saturated carbocycles. The maximum absolute atomic E-state index is 11.8. The summed E-state index contributed by atoms with van der Waals surface area (Å²) in [5, 5.41) is 3.34. The Labute approximate surface area is 136 Å². The van der Waals surface area contributed by atoms with Gasteiger partial charge in [-0.1, -0.05) is 12.1 Å². The first-order valence-corrected chi connectivity index (χ1v) is 8.41. The molecule has 124 valence electrons. The van der Waals surface area contributed by atoms with Gasteiger partial charge in [0.15, 0.2) is 0 Å². The lowest BCUT2D eigenvalue weighted by Gasteiger charge is -2.22. The van der Waals surface area contributed by atoms with E-state index in [0.29, 0.717) is 0 Å². The largest absolute Gasteiger partial charge is 0.422 e. The monoisotopic (exact) mass is 318 g/mol. The van der Waals surface area contributed by atoms with Gasteiger partial charge >= 0.3 is 5.63 Å². The Morgan fingerprint density at radius 1 is 1.22 bits per heavy atom. The molecule has 1 aliphatic heterocycles. The second-order valence-electron chi connectivity index (χ2n) is 6.37. The number of ether oxygens (including phenoxy) is 1. The maximum atomic E-state index is 11.8. The van der Waals surface area contributed by atoms with Crippen molar-refractivity contribution >= 4 is 11.0 Å². The summed E-state index contributed by atoms with van der Waals surface area (Å²) in [7, 11) is 0. The predicted molar refractivity (Wildman–Crippen MR) is 88.8 cm³/mol. The van der Waals surface area contributed by atoms with Crippen LogP contribution in [-0.4, -0.2) is 39.4 Å². The third-order valence-corrected chi connectivity index (χ3v) is 4.78. The van der Waals surface area contributed by atoms with Gasteiger partial charge < -0.3 is 19.4 Å². The van der Waals surface area contributed by atoms with Gasteiger partial charge in [0, 0.05) is 17.0 Å². The quantitative estimate of drug-likeness (QED) is 0.571. The summed E-state index contributed by atoms with van der Waals surface area (Å²) < 4.78 is 10.8. The van der Waals surface area contributed by atoms with Crippen molar-refractivity contribution in [2.75, 3.05) is 39.4 Å². The van der Waals surface area contributed by atoms with E-state index in [-0.39, 0.29) is 5.63 Å². The van der Waals surface area contributed by atoms with E-state index in [1.54, 1.807) is 11.0 Å². The first-order chi connectivity index (χ1) is 11.1. The van der Waals surface area contributed by atoms with Gasteiger partial charge in [0.25, 0.3) is 0 Å². The molecule has 0 aliphatic carbocycles. The zero-order valence-electron chi connectivity index (χ0n) is 14.0. The highest BCUT2D eigenvalue weighted by Crippen LogP contribution is 2.22. The van der Waals surface area contributed by atoms with Crippen LogP contribution in [-0.2, 0) is 11.3 Å². The van der Waals surface area contributed by atoms with Crippen molar-refractivity contribution in [1.29, 1.82) is 0 Å². The lowest BCUT2D eigenvalue weighted by Crippen LogP contribution is -3.16. The first-order valence-electron chi connectivity index (χ1n) is 8.41. The van der Waals surface area contributed by atoms with Gasteiger partial charge in [0.1, 0.15) is 38.3 Å². The molecule has 1 fully saturated rings. The molecule has 1 aromatic heterocycles. The number of hydrogen-bond acceptors (Lipinski definition) is 3. The minimum absolute atomic E-state index is 0.256. The summed E-state index contributed by atoms with van der Waals surface area (Å²) >= 11 is 0. The molecule has 3 rings (SSSR count). The molecule has 3 N–H and O–H groups in total. The third-order valence-electron chi connectivity index (χ3n) is 4.78. The van der Waals surface area contributed by atoms with Gasteiger partial charge in [-0.05, 0) is 25.0 Å². The molecule has 5 nitrogen and oxygen atoms in total. The fourth-order valence-corrected chi connectivity index (χ4v) is 3.17. The van der Waals surface area contributed by atoms with Crippen LogP contribution in [0.4, 0.5) is 0 Å². The molecule has 23 heavy (non-hydrogen) atoms. The number of morpholine rings is 1. The number of aryl methyl sites for hydroxylation is 2. The summed E-state index contributed by atoms with van der Waals surface area (Å²) in [5.41, 5.74) is 3.75. The van der Waals surface area contributed by atoms with E-state index < -0.39 is 0 Å². The van der Waals surface area contributed by atoms with Gasteiger partial charge in [-0.2, -0.15) is 0 Å². The number of quaternary nitrogens is 2. The summed E-state index contributed by atoms with van der Waals surface area (Å²) in [6.07, 6.45) is 0. The minimum Gasteiger partial charge on any atom is -0.422 e. The van der Waals surface area contributed by atoms with Gasteiger partial charge in [-0.15, -0.1) is 0 Å². The molecule has 0 spiro atoms. The van der Waals surface area contributed by atoms with E-state index in [1.165, 1.54) is 0 Å². The molecule has 2 heterocycles. The van der Waals surface area contributed by atoms with Crippen molar-refractivity contribution in [3.05, 3.63) is 45.3 Å². The van der Waals surface area contributed by atoms with Gasteiger partial charge in [0.2, 0.25) is 0 Å². The van der Waals surface area contributed by atoms with Crippen molar-refractivity contribution in [3.8, 4) is 0 Å². The maximum Gasteiger partial charge on any atom is 0.336 e. The fraction of sp³-hybridized carbons (Fsp3) is 0.500. The van der Waals surface area contributed by atoms with Gasteiger partial charge in [-0.3, -0.25) is 0 Å². The van der Waals surface area contributed by atoms with Crippen LogP contribution in [0, 0.1) is 13.8 Å². The van der Waals surface area contributed by atoms with Crippen molar-refractivity contribution < 1.29 is 19.4 Å². The van der Waals surface area contributed by atoms with Crippen LogP contribution in [0.2, 0.25) is 0 Å².